The van der Waals surface area contributed by atoms with Gasteiger partial charge >= 0.3 is 0 Å². The second-order valence-corrected chi connectivity index (χ2v) is 8.99. The van der Waals surface area contributed by atoms with E-state index in [2.05, 4.69) is 13.8 Å². The van der Waals surface area contributed by atoms with Gasteiger partial charge in [-0.3, -0.25) is 0 Å². The lowest BCUT2D eigenvalue weighted by Crippen LogP contribution is -2.31. The average Bonchev–Trinajstić information content (AvgIpc) is 2.73. The third kappa shape index (κ3) is 11.7. The van der Waals surface area contributed by atoms with Crippen molar-refractivity contribution in [2.45, 2.75) is 65.2 Å². The van der Waals surface area contributed by atoms with Crippen molar-refractivity contribution in [3.8, 4) is 0 Å². The molecule has 28 heavy (non-hydrogen) atoms. The van der Waals surface area contributed by atoms with Crippen molar-refractivity contribution in [1.29, 1.82) is 0 Å². The lowest BCUT2D eigenvalue weighted by atomic mass is 9.79. The van der Waals surface area contributed by atoms with E-state index in [1.807, 2.05) is 0 Å². The molecule has 0 fully saturated rings. The van der Waals surface area contributed by atoms with Gasteiger partial charge in [-0.2, -0.15) is 0 Å². The van der Waals surface area contributed by atoms with Gasteiger partial charge in [0.2, 0.25) is 0 Å². The molecule has 0 rings (SSSR count). The van der Waals surface area contributed by atoms with E-state index >= 15 is 0 Å². The Morgan fingerprint density at radius 1 is 0.429 bits per heavy atom. The Hall–Kier alpha value is -0.240. The Balaban J connectivity index is 4.74. The van der Waals surface area contributed by atoms with Crippen molar-refractivity contribution < 1.29 is 0 Å². The molecule has 0 aromatic rings. The molecule has 0 spiro atoms. The third-order valence-corrected chi connectivity index (χ3v) is 6.61. The molecule has 6 unspecified atom stereocenters. The monoisotopic (exact) mass is 400 g/mol. The van der Waals surface area contributed by atoms with Crippen molar-refractivity contribution in [2.75, 3.05) is 39.3 Å². The Labute approximate surface area is 174 Å². The van der Waals surface area contributed by atoms with Crippen LogP contribution >= 0.6 is 0 Å². The molecule has 170 valence electrons. The molecule has 0 aliphatic rings. The summed E-state index contributed by atoms with van der Waals surface area (Å²) in [7, 11) is 0. The van der Waals surface area contributed by atoms with Crippen molar-refractivity contribution >= 4 is 0 Å². The molecule has 0 amide bonds. The van der Waals surface area contributed by atoms with Crippen molar-refractivity contribution in [2.24, 2.45) is 69.9 Å². The molecule has 0 aromatic heterocycles. The summed E-state index contributed by atoms with van der Waals surface area (Å²) in [6.45, 7) is 8.73. The van der Waals surface area contributed by atoms with Crippen LogP contribution in [0, 0.1) is 35.5 Å². The molecule has 6 atom stereocenters. The first-order chi connectivity index (χ1) is 13.5. The minimum absolute atomic E-state index is 0.469. The summed E-state index contributed by atoms with van der Waals surface area (Å²) in [5.41, 5.74) is 36.3. The zero-order valence-electron chi connectivity index (χ0n) is 18.8. The summed E-state index contributed by atoms with van der Waals surface area (Å²) >= 11 is 0. The van der Waals surface area contributed by atoms with Gasteiger partial charge in [0.15, 0.2) is 0 Å². The zero-order valence-corrected chi connectivity index (χ0v) is 18.8. The lowest BCUT2D eigenvalue weighted by molar-refractivity contribution is 0.242. The second kappa shape index (κ2) is 17.6. The predicted octanol–water partition coefficient (Wildman–Crippen LogP) is 1.60. The molecule has 0 aliphatic heterocycles. The summed E-state index contributed by atoms with van der Waals surface area (Å²) in [4.78, 5) is 0. The maximum atomic E-state index is 6.14. The maximum Gasteiger partial charge on any atom is -0.00486 e. The summed E-state index contributed by atoms with van der Waals surface area (Å²) < 4.78 is 0. The van der Waals surface area contributed by atoms with Crippen LogP contribution in [0.15, 0.2) is 0 Å². The topological polar surface area (TPSA) is 156 Å². The number of rotatable bonds is 19. The van der Waals surface area contributed by atoms with E-state index in [1.54, 1.807) is 0 Å². The number of hydrogen-bond donors (Lipinski definition) is 6. The highest BCUT2D eigenvalue weighted by Crippen LogP contribution is 2.29. The van der Waals surface area contributed by atoms with Crippen LogP contribution in [0.2, 0.25) is 0 Å². The van der Waals surface area contributed by atoms with Gasteiger partial charge in [-0.1, -0.05) is 26.7 Å². The Morgan fingerprint density at radius 2 is 0.714 bits per heavy atom. The first-order valence-electron chi connectivity index (χ1n) is 11.7. The summed E-state index contributed by atoms with van der Waals surface area (Å²) in [5, 5.41) is 0. The first-order valence-corrected chi connectivity index (χ1v) is 11.7. The molecule has 12 N–H and O–H groups in total. The van der Waals surface area contributed by atoms with E-state index in [4.69, 9.17) is 34.4 Å². The quantitative estimate of drug-likeness (QED) is 0.193. The maximum absolute atomic E-state index is 6.14. The van der Waals surface area contributed by atoms with Crippen LogP contribution < -0.4 is 34.4 Å². The van der Waals surface area contributed by atoms with Gasteiger partial charge in [0.1, 0.15) is 0 Å². The molecule has 6 nitrogen and oxygen atoms in total. The highest BCUT2D eigenvalue weighted by molar-refractivity contribution is 4.78. The molecular formula is C22H52N6. The highest BCUT2D eigenvalue weighted by Gasteiger charge is 2.23. The molecule has 0 radical (unpaired) electrons. The van der Waals surface area contributed by atoms with Gasteiger partial charge in [0, 0.05) is 0 Å². The third-order valence-electron chi connectivity index (χ3n) is 6.61. The fourth-order valence-electron chi connectivity index (χ4n) is 4.68. The zero-order chi connectivity index (χ0) is 21.4. The summed E-state index contributed by atoms with van der Waals surface area (Å²) in [6, 6.07) is 0. The highest BCUT2D eigenvalue weighted by atomic mass is 14.6. The molecule has 0 aliphatic carbocycles. The van der Waals surface area contributed by atoms with Gasteiger partial charge in [-0.05, 0) is 113 Å². The van der Waals surface area contributed by atoms with Crippen LogP contribution in [-0.4, -0.2) is 39.3 Å². The van der Waals surface area contributed by atoms with Crippen LogP contribution in [0.1, 0.15) is 65.2 Å². The molecule has 0 heterocycles. The van der Waals surface area contributed by atoms with Crippen molar-refractivity contribution in [3.63, 3.8) is 0 Å². The fraction of sp³-hybridized carbons (Fsp3) is 1.00. The average molecular weight is 401 g/mol. The van der Waals surface area contributed by atoms with E-state index < -0.39 is 0 Å². The second-order valence-electron chi connectivity index (χ2n) is 8.99. The minimum atomic E-state index is 0.469. The van der Waals surface area contributed by atoms with Crippen LogP contribution in [0.4, 0.5) is 0 Å². The van der Waals surface area contributed by atoms with E-state index in [1.165, 1.54) is 12.8 Å². The fourth-order valence-corrected chi connectivity index (χ4v) is 4.68. The Bertz CT molecular complexity index is 337. The van der Waals surface area contributed by atoms with Crippen LogP contribution in [0.5, 0.6) is 0 Å². The number of nitrogens with two attached hydrogens (primary N) is 6. The normalized spacial score (nSPS) is 18.4. The van der Waals surface area contributed by atoms with E-state index in [-0.39, 0.29) is 0 Å². The smallest absolute Gasteiger partial charge is 0.00486 e. The molecule has 0 aromatic carbocycles. The van der Waals surface area contributed by atoms with E-state index in [0.29, 0.717) is 61.7 Å². The largest absolute Gasteiger partial charge is 0.330 e. The van der Waals surface area contributed by atoms with Gasteiger partial charge in [-0.15, -0.1) is 0 Å². The molecule has 6 heteroatoms. The standard InChI is InChI=1S/C22H52N6/c1-3-5-18(12-24)7-20(14-26)9-22(16-28)10-21(15-27)8-19(13-25)6-17(4-2)11-23/h17-22H,3-16,23-28H2,1-2H3. The van der Waals surface area contributed by atoms with E-state index in [9.17, 15) is 0 Å². The number of hydrogen-bond acceptors (Lipinski definition) is 6. The lowest BCUT2D eigenvalue weighted by Gasteiger charge is -2.29. The Morgan fingerprint density at radius 3 is 0.964 bits per heavy atom. The van der Waals surface area contributed by atoms with Crippen molar-refractivity contribution in [1.82, 2.24) is 0 Å². The first kappa shape index (κ1) is 27.8. The van der Waals surface area contributed by atoms with Crippen LogP contribution in [-0.2, 0) is 0 Å². The summed E-state index contributed by atoms with van der Waals surface area (Å²) in [5.74, 6) is 3.07. The van der Waals surface area contributed by atoms with Gasteiger partial charge in [0.05, 0.1) is 0 Å². The van der Waals surface area contributed by atoms with Gasteiger partial charge in [0.25, 0.3) is 0 Å². The Kier molecular flexibility index (Phi) is 17.5. The predicted molar refractivity (Wildman–Crippen MR) is 124 cm³/mol. The van der Waals surface area contributed by atoms with Gasteiger partial charge < -0.3 is 34.4 Å². The van der Waals surface area contributed by atoms with Crippen LogP contribution in [0.3, 0.4) is 0 Å². The van der Waals surface area contributed by atoms with Crippen LogP contribution in [0.25, 0.3) is 0 Å². The van der Waals surface area contributed by atoms with Crippen molar-refractivity contribution in [3.05, 3.63) is 0 Å². The molecule has 0 bridgehead atoms. The molecular weight excluding hydrogens is 348 g/mol. The molecule has 0 saturated carbocycles. The minimum Gasteiger partial charge on any atom is -0.330 e. The summed E-state index contributed by atoms with van der Waals surface area (Å²) in [6.07, 6.45) is 8.93. The van der Waals surface area contributed by atoms with Gasteiger partial charge in [-0.25, -0.2) is 0 Å². The SMILES string of the molecule is CCCC(CN)CC(CN)CC(CN)CC(CN)CC(CN)CC(CC)CN. The molecule has 0 saturated heterocycles. The van der Waals surface area contributed by atoms with E-state index in [0.717, 1.165) is 51.6 Å².